The van der Waals surface area contributed by atoms with Crippen molar-refractivity contribution in [2.24, 2.45) is 0 Å². The standard InChI is InChI=1S/C12H17F4N/c1-9(2)11(13,10(3)12(14,15)16)17-7-5-4-6-8-17/h1,3-8H2,2H3. The van der Waals surface area contributed by atoms with Crippen LogP contribution in [0.2, 0.25) is 0 Å². The highest BCUT2D eigenvalue weighted by atomic mass is 19.4. The summed E-state index contributed by atoms with van der Waals surface area (Å²) in [6.07, 6.45) is -2.43. The molecule has 0 aromatic heterocycles. The van der Waals surface area contributed by atoms with Gasteiger partial charge >= 0.3 is 6.18 Å². The lowest BCUT2D eigenvalue weighted by atomic mass is 9.94. The molecule has 1 heterocycles. The summed E-state index contributed by atoms with van der Waals surface area (Å²) in [6, 6.07) is 0. The summed E-state index contributed by atoms with van der Waals surface area (Å²) in [5, 5.41) is 0. The van der Waals surface area contributed by atoms with Crippen molar-refractivity contribution in [3.63, 3.8) is 0 Å². The van der Waals surface area contributed by atoms with E-state index in [1.807, 2.05) is 0 Å². The maximum Gasteiger partial charge on any atom is 0.416 e. The molecule has 0 amide bonds. The molecule has 0 bridgehead atoms. The minimum atomic E-state index is -4.74. The van der Waals surface area contributed by atoms with Gasteiger partial charge in [-0.2, -0.15) is 13.2 Å². The van der Waals surface area contributed by atoms with Crippen LogP contribution in [-0.4, -0.2) is 30.0 Å². The van der Waals surface area contributed by atoms with Gasteiger partial charge in [0.05, 0.1) is 5.57 Å². The molecule has 0 aromatic rings. The minimum absolute atomic E-state index is 0.165. The van der Waals surface area contributed by atoms with Gasteiger partial charge in [0.25, 0.3) is 0 Å². The van der Waals surface area contributed by atoms with E-state index in [2.05, 4.69) is 13.2 Å². The molecule has 1 atom stereocenters. The zero-order chi connectivity index (χ0) is 13.3. The molecule has 1 aliphatic rings. The molecular formula is C12H17F4N. The van der Waals surface area contributed by atoms with Crippen LogP contribution in [0, 0.1) is 0 Å². The summed E-state index contributed by atoms with van der Waals surface area (Å²) in [5.74, 6) is -2.67. The Bertz CT molecular complexity index is 315. The van der Waals surface area contributed by atoms with E-state index >= 15 is 0 Å². The van der Waals surface area contributed by atoms with Crippen LogP contribution >= 0.6 is 0 Å². The molecule has 98 valence electrons. The largest absolute Gasteiger partial charge is 0.416 e. The van der Waals surface area contributed by atoms with E-state index in [4.69, 9.17) is 0 Å². The maximum absolute atomic E-state index is 14.7. The molecule has 1 rings (SSSR count). The van der Waals surface area contributed by atoms with E-state index in [-0.39, 0.29) is 5.57 Å². The van der Waals surface area contributed by atoms with Gasteiger partial charge in [0.2, 0.25) is 5.79 Å². The monoisotopic (exact) mass is 251 g/mol. The number of rotatable bonds is 3. The quantitative estimate of drug-likeness (QED) is 0.418. The Morgan fingerprint density at radius 1 is 1.00 bits per heavy atom. The number of nitrogens with zero attached hydrogens (tertiary/aromatic N) is 1. The lowest BCUT2D eigenvalue weighted by Gasteiger charge is -2.41. The molecule has 1 unspecified atom stereocenters. The van der Waals surface area contributed by atoms with Crippen LogP contribution in [0.25, 0.3) is 0 Å². The minimum Gasteiger partial charge on any atom is -0.264 e. The Morgan fingerprint density at radius 3 is 1.82 bits per heavy atom. The van der Waals surface area contributed by atoms with E-state index in [1.165, 1.54) is 11.8 Å². The molecule has 1 nitrogen and oxygen atoms in total. The molecule has 0 saturated carbocycles. The number of hydrogen-bond acceptors (Lipinski definition) is 1. The van der Waals surface area contributed by atoms with E-state index in [0.717, 1.165) is 6.42 Å². The lowest BCUT2D eigenvalue weighted by Crippen LogP contribution is -2.52. The fourth-order valence-corrected chi connectivity index (χ4v) is 2.11. The van der Waals surface area contributed by atoms with Crippen molar-refractivity contribution in [1.29, 1.82) is 0 Å². The van der Waals surface area contributed by atoms with Gasteiger partial charge in [-0.1, -0.05) is 19.6 Å². The van der Waals surface area contributed by atoms with Crippen molar-refractivity contribution >= 4 is 0 Å². The Balaban J connectivity index is 3.04. The van der Waals surface area contributed by atoms with Gasteiger partial charge in [0.1, 0.15) is 0 Å². The molecule has 1 fully saturated rings. The van der Waals surface area contributed by atoms with Gasteiger partial charge in [0.15, 0.2) is 0 Å². The molecule has 0 radical (unpaired) electrons. The van der Waals surface area contributed by atoms with Gasteiger partial charge in [-0.25, -0.2) is 4.39 Å². The molecule has 17 heavy (non-hydrogen) atoms. The molecule has 1 aliphatic heterocycles. The van der Waals surface area contributed by atoms with Crippen LogP contribution in [0.3, 0.4) is 0 Å². The van der Waals surface area contributed by atoms with Crippen molar-refractivity contribution in [2.45, 2.75) is 38.2 Å². The van der Waals surface area contributed by atoms with Crippen molar-refractivity contribution in [3.8, 4) is 0 Å². The average Bonchev–Trinajstić information content (AvgIpc) is 2.26. The molecule has 0 N–H and O–H groups in total. The smallest absolute Gasteiger partial charge is 0.264 e. The summed E-state index contributed by atoms with van der Waals surface area (Å²) in [6.45, 7) is 8.13. The molecule has 0 aromatic carbocycles. The Morgan fingerprint density at radius 2 is 1.47 bits per heavy atom. The molecule has 0 spiro atoms. The summed E-state index contributed by atoms with van der Waals surface area (Å²) in [7, 11) is 0. The predicted octanol–water partition coefficient (Wildman–Crippen LogP) is 3.83. The fraction of sp³-hybridized carbons (Fsp3) is 0.667. The first-order chi connectivity index (χ1) is 7.70. The van der Waals surface area contributed by atoms with Crippen molar-refractivity contribution in [3.05, 3.63) is 24.3 Å². The summed E-state index contributed by atoms with van der Waals surface area (Å²) < 4.78 is 52.7. The van der Waals surface area contributed by atoms with Gasteiger partial charge in [0, 0.05) is 13.1 Å². The van der Waals surface area contributed by atoms with Crippen LogP contribution in [-0.2, 0) is 0 Å². The first kappa shape index (κ1) is 14.2. The van der Waals surface area contributed by atoms with Crippen LogP contribution in [0.4, 0.5) is 17.6 Å². The summed E-state index contributed by atoms with van der Waals surface area (Å²) >= 11 is 0. The third-order valence-electron chi connectivity index (χ3n) is 3.10. The second-order valence-electron chi connectivity index (χ2n) is 4.43. The topological polar surface area (TPSA) is 3.24 Å². The van der Waals surface area contributed by atoms with Gasteiger partial charge < -0.3 is 0 Å². The highest BCUT2D eigenvalue weighted by molar-refractivity contribution is 5.30. The molecule has 1 saturated heterocycles. The van der Waals surface area contributed by atoms with Crippen LogP contribution in [0.15, 0.2) is 24.3 Å². The third kappa shape index (κ3) is 2.70. The molecule has 5 heteroatoms. The number of piperidine rings is 1. The first-order valence-corrected chi connectivity index (χ1v) is 5.57. The number of halogens is 4. The number of likely N-dealkylation sites (tertiary alicyclic amines) is 1. The van der Waals surface area contributed by atoms with Crippen LogP contribution in [0.5, 0.6) is 0 Å². The molecule has 0 aliphatic carbocycles. The lowest BCUT2D eigenvalue weighted by molar-refractivity contribution is -0.127. The SMILES string of the molecule is C=C(C)C(F)(C(=C)C(F)(F)F)N1CCCCC1. The average molecular weight is 251 g/mol. The summed E-state index contributed by atoms with van der Waals surface area (Å²) in [5.41, 5.74) is -1.54. The number of alkyl halides is 4. The fourth-order valence-electron chi connectivity index (χ4n) is 2.11. The van der Waals surface area contributed by atoms with Gasteiger partial charge in [-0.3, -0.25) is 4.90 Å². The Kier molecular flexibility index (Phi) is 4.02. The van der Waals surface area contributed by atoms with Crippen molar-refractivity contribution < 1.29 is 17.6 Å². The van der Waals surface area contributed by atoms with Crippen molar-refractivity contribution in [1.82, 2.24) is 4.90 Å². The van der Waals surface area contributed by atoms with Gasteiger partial charge in [-0.15, -0.1) is 0 Å². The van der Waals surface area contributed by atoms with Crippen molar-refractivity contribution in [2.75, 3.05) is 13.1 Å². The third-order valence-corrected chi connectivity index (χ3v) is 3.10. The second kappa shape index (κ2) is 4.80. The zero-order valence-corrected chi connectivity index (χ0v) is 9.91. The van der Waals surface area contributed by atoms with Gasteiger partial charge in [-0.05, 0) is 25.3 Å². The normalized spacial score (nSPS) is 21.9. The Labute approximate surface area is 98.8 Å². The highest BCUT2D eigenvalue weighted by Gasteiger charge is 2.51. The zero-order valence-electron chi connectivity index (χ0n) is 9.91. The van der Waals surface area contributed by atoms with E-state index in [0.29, 0.717) is 25.9 Å². The highest BCUT2D eigenvalue weighted by Crippen LogP contribution is 2.42. The predicted molar refractivity (Wildman–Crippen MR) is 59.3 cm³/mol. The van der Waals surface area contributed by atoms with E-state index in [9.17, 15) is 17.6 Å². The summed E-state index contributed by atoms with van der Waals surface area (Å²) in [4.78, 5) is 1.19. The maximum atomic E-state index is 14.7. The van der Waals surface area contributed by atoms with E-state index < -0.39 is 17.5 Å². The van der Waals surface area contributed by atoms with Crippen LogP contribution < -0.4 is 0 Å². The Hall–Kier alpha value is -0.840. The number of hydrogen-bond donors (Lipinski definition) is 0. The first-order valence-electron chi connectivity index (χ1n) is 5.57. The molecular weight excluding hydrogens is 234 g/mol. The second-order valence-corrected chi connectivity index (χ2v) is 4.43. The van der Waals surface area contributed by atoms with E-state index in [1.54, 1.807) is 0 Å². The van der Waals surface area contributed by atoms with Crippen LogP contribution in [0.1, 0.15) is 26.2 Å².